The molecule has 0 radical (unpaired) electrons. The average molecular weight is 676 g/mol. The molecule has 2 aromatic rings. The van der Waals surface area contributed by atoms with Crippen LogP contribution in [0.5, 0.6) is 0 Å². The molecule has 0 unspecified atom stereocenters. The smallest absolute Gasteiger partial charge is 0.314 e. The van der Waals surface area contributed by atoms with Crippen molar-refractivity contribution in [3.05, 3.63) is 66.1 Å². The first-order valence-electron chi connectivity index (χ1n) is 12.5. The first kappa shape index (κ1) is 32.5. The van der Waals surface area contributed by atoms with Gasteiger partial charge >= 0.3 is 5.97 Å². The van der Waals surface area contributed by atoms with Gasteiger partial charge in [0.15, 0.2) is 8.32 Å². The zero-order valence-corrected chi connectivity index (χ0v) is 27.6. The second-order valence-corrected chi connectivity index (χ2v) is 17.7. The van der Waals surface area contributed by atoms with E-state index in [4.69, 9.17) is 37.1 Å². The highest BCUT2D eigenvalue weighted by molar-refractivity contribution is 9.10. The maximum atomic E-state index is 14.6. The number of benzene rings is 2. The highest BCUT2D eigenvalue weighted by atomic mass is 79.9. The van der Waals surface area contributed by atoms with Crippen LogP contribution >= 0.6 is 39.1 Å². The minimum absolute atomic E-state index is 0.00475. The lowest BCUT2D eigenvalue weighted by molar-refractivity contribution is -0.385. The Morgan fingerprint density at radius 2 is 1.85 bits per heavy atom. The number of rotatable bonds is 10. The lowest BCUT2D eigenvalue weighted by atomic mass is 9.66. The molecule has 0 spiro atoms. The summed E-state index contributed by atoms with van der Waals surface area (Å²) in [5, 5.41) is 12.5. The third-order valence-corrected chi connectivity index (χ3v) is 13.4. The van der Waals surface area contributed by atoms with Gasteiger partial charge < -0.3 is 13.9 Å². The standard InChI is InChI=1S/C27H33BrCl2N2O7Si/c1-26(2,3)40(6,7)39-11-10-27(19-13-17(29)14-20(30)23(19)31(15-37-4)25(27)34)22(24(33)38-5)18-9-8-16(28)12-21(18)32(35)36/h8-9,12-14,22H,10-11,15H2,1-7H3/t22-,27+/m0/s1. The number of ether oxygens (including phenoxy) is 2. The Morgan fingerprint density at radius 1 is 1.20 bits per heavy atom. The first-order valence-corrected chi connectivity index (χ1v) is 16.9. The van der Waals surface area contributed by atoms with E-state index in [0.717, 1.165) is 0 Å². The molecule has 0 saturated heterocycles. The quantitative estimate of drug-likeness (QED) is 0.113. The van der Waals surface area contributed by atoms with Crippen LogP contribution in [-0.4, -0.2) is 52.7 Å². The van der Waals surface area contributed by atoms with Gasteiger partial charge in [0.2, 0.25) is 5.91 Å². The van der Waals surface area contributed by atoms with Gasteiger partial charge in [-0.1, -0.05) is 66.0 Å². The van der Waals surface area contributed by atoms with Crippen LogP contribution < -0.4 is 4.90 Å². The topological polar surface area (TPSA) is 108 Å². The Balaban J connectivity index is 2.39. The summed E-state index contributed by atoms with van der Waals surface area (Å²) in [7, 11) is 0.308. The monoisotopic (exact) mass is 674 g/mol. The van der Waals surface area contributed by atoms with Crippen LogP contribution in [0.25, 0.3) is 0 Å². The minimum atomic E-state index is -2.30. The van der Waals surface area contributed by atoms with E-state index in [-0.39, 0.29) is 46.1 Å². The molecule has 1 heterocycles. The number of nitro benzene ring substituents is 1. The fraction of sp³-hybridized carbons (Fsp3) is 0.481. The van der Waals surface area contributed by atoms with Gasteiger partial charge in [-0.3, -0.25) is 24.6 Å². The molecule has 1 amide bonds. The predicted octanol–water partition coefficient (Wildman–Crippen LogP) is 7.22. The van der Waals surface area contributed by atoms with Crippen LogP contribution in [0.15, 0.2) is 34.8 Å². The lowest BCUT2D eigenvalue weighted by Crippen LogP contribution is -2.50. The van der Waals surface area contributed by atoms with E-state index < -0.39 is 36.5 Å². The van der Waals surface area contributed by atoms with Crippen molar-refractivity contribution in [3.8, 4) is 0 Å². The number of nitro groups is 1. The van der Waals surface area contributed by atoms with E-state index in [1.807, 2.05) is 0 Å². The number of methoxy groups -OCH3 is 2. The van der Waals surface area contributed by atoms with E-state index in [9.17, 15) is 19.7 Å². The van der Waals surface area contributed by atoms with Gasteiger partial charge in [-0.15, -0.1) is 0 Å². The number of fused-ring (bicyclic) bond motifs is 1. The van der Waals surface area contributed by atoms with Crippen molar-refractivity contribution in [2.24, 2.45) is 0 Å². The van der Waals surface area contributed by atoms with Crippen molar-refractivity contribution >= 4 is 70.7 Å². The molecule has 40 heavy (non-hydrogen) atoms. The fourth-order valence-electron chi connectivity index (χ4n) is 4.87. The van der Waals surface area contributed by atoms with Crippen LogP contribution in [0.1, 0.15) is 44.2 Å². The molecule has 218 valence electrons. The highest BCUT2D eigenvalue weighted by Crippen LogP contribution is 2.56. The highest BCUT2D eigenvalue weighted by Gasteiger charge is 2.60. The molecule has 0 N–H and O–H groups in total. The average Bonchev–Trinajstić information content (AvgIpc) is 3.07. The summed E-state index contributed by atoms with van der Waals surface area (Å²) >= 11 is 16.4. The van der Waals surface area contributed by atoms with Gasteiger partial charge in [-0.2, -0.15) is 0 Å². The van der Waals surface area contributed by atoms with Crippen molar-refractivity contribution < 1.29 is 28.4 Å². The van der Waals surface area contributed by atoms with Crippen LogP contribution in [0, 0.1) is 10.1 Å². The Morgan fingerprint density at radius 3 is 2.40 bits per heavy atom. The first-order chi connectivity index (χ1) is 18.5. The molecule has 1 aliphatic rings. The van der Waals surface area contributed by atoms with Gasteiger partial charge in [0.1, 0.15) is 12.6 Å². The fourth-order valence-corrected chi connectivity index (χ4v) is 6.86. The SMILES string of the molecule is COCN1C(=O)[C@@](CCO[Si](C)(C)C(C)(C)C)([C@H](C(=O)OC)c2ccc(Br)cc2[N+](=O)[O-])c2cc(Cl)cc(Cl)c21. The van der Waals surface area contributed by atoms with E-state index in [1.54, 1.807) is 12.1 Å². The molecular weight excluding hydrogens is 643 g/mol. The Kier molecular flexibility index (Phi) is 9.80. The third kappa shape index (κ3) is 5.82. The normalized spacial score (nSPS) is 18.1. The second-order valence-electron chi connectivity index (χ2n) is 11.2. The van der Waals surface area contributed by atoms with Gasteiger partial charge in [-0.05, 0) is 48.3 Å². The maximum Gasteiger partial charge on any atom is 0.314 e. The van der Waals surface area contributed by atoms with Crippen LogP contribution in [0.4, 0.5) is 11.4 Å². The number of hydrogen-bond donors (Lipinski definition) is 0. The molecule has 0 saturated carbocycles. The van der Waals surface area contributed by atoms with Crippen LogP contribution in [0.2, 0.25) is 28.2 Å². The number of amides is 1. The van der Waals surface area contributed by atoms with Crippen molar-refractivity contribution in [2.45, 2.75) is 56.7 Å². The summed E-state index contributed by atoms with van der Waals surface area (Å²) in [4.78, 5) is 41.3. The Labute approximate surface area is 253 Å². The van der Waals surface area contributed by atoms with Crippen LogP contribution in [0.3, 0.4) is 0 Å². The van der Waals surface area contributed by atoms with Crippen molar-refractivity contribution in [1.29, 1.82) is 0 Å². The Bertz CT molecular complexity index is 1330. The van der Waals surface area contributed by atoms with E-state index in [2.05, 4.69) is 49.8 Å². The second kappa shape index (κ2) is 12.1. The molecule has 1 aliphatic heterocycles. The Hall–Kier alpha value is -2.02. The molecule has 3 rings (SSSR count). The molecule has 13 heteroatoms. The zero-order chi connectivity index (χ0) is 30.2. The summed E-state index contributed by atoms with van der Waals surface area (Å²) in [5.74, 6) is -2.79. The van der Waals surface area contributed by atoms with Crippen LogP contribution in [-0.2, 0) is 28.9 Å². The summed E-state index contributed by atoms with van der Waals surface area (Å²) in [6, 6.07) is 7.40. The van der Waals surface area contributed by atoms with Gasteiger partial charge in [0.05, 0.1) is 28.2 Å². The molecule has 0 fully saturated rings. The summed E-state index contributed by atoms with van der Waals surface area (Å²) in [6.07, 6.45) is -0.00475. The van der Waals surface area contributed by atoms with E-state index >= 15 is 0 Å². The summed E-state index contributed by atoms with van der Waals surface area (Å²) in [5.41, 5.74) is -1.38. The van der Waals surface area contributed by atoms with E-state index in [0.29, 0.717) is 15.7 Å². The van der Waals surface area contributed by atoms with Gasteiger partial charge in [-0.25, -0.2) is 0 Å². The number of hydrogen-bond acceptors (Lipinski definition) is 7. The van der Waals surface area contributed by atoms with Crippen molar-refractivity contribution in [3.63, 3.8) is 0 Å². The number of carbonyl (C=O) groups excluding carboxylic acids is 2. The van der Waals surface area contributed by atoms with E-state index in [1.165, 1.54) is 37.3 Å². The number of halogens is 3. The molecule has 0 aliphatic carbocycles. The van der Waals surface area contributed by atoms with Crippen molar-refractivity contribution in [1.82, 2.24) is 0 Å². The molecule has 9 nitrogen and oxygen atoms in total. The summed E-state index contributed by atoms with van der Waals surface area (Å²) in [6.45, 7) is 10.3. The minimum Gasteiger partial charge on any atom is -0.469 e. The summed E-state index contributed by atoms with van der Waals surface area (Å²) < 4.78 is 17.5. The van der Waals surface area contributed by atoms with Crippen molar-refractivity contribution in [2.75, 3.05) is 32.5 Å². The number of anilines is 1. The lowest BCUT2D eigenvalue weighted by Gasteiger charge is -2.39. The molecule has 0 aromatic heterocycles. The number of carbonyl (C=O) groups is 2. The van der Waals surface area contributed by atoms with Gasteiger partial charge in [0, 0.05) is 34.8 Å². The molecular formula is C27H33BrCl2N2O7Si. The maximum absolute atomic E-state index is 14.6. The largest absolute Gasteiger partial charge is 0.469 e. The number of esters is 1. The zero-order valence-electron chi connectivity index (χ0n) is 23.5. The molecule has 0 bridgehead atoms. The molecule has 2 atom stereocenters. The predicted molar refractivity (Wildman–Crippen MR) is 161 cm³/mol. The third-order valence-electron chi connectivity index (χ3n) is 7.86. The van der Waals surface area contributed by atoms with Gasteiger partial charge in [0.25, 0.3) is 5.69 Å². The number of nitrogens with zero attached hydrogens (tertiary/aromatic N) is 2. The molecule has 2 aromatic carbocycles.